The Hall–Kier alpha value is -1.85. The maximum atomic E-state index is 11.6. The zero-order chi connectivity index (χ0) is 15.5. The van der Waals surface area contributed by atoms with Crippen LogP contribution in [0.3, 0.4) is 0 Å². The standard InChI is InChI=1S/C16H22N4O.ClH/c1-16(2,3)13-9-14(18-15(21)10-17)20(19-13)11-12-7-5-4-6-8-12;/h4-9H,10-11,17H2,1-3H3,(H,18,21);1H. The van der Waals surface area contributed by atoms with E-state index in [1.54, 1.807) is 0 Å². The number of nitrogens with two attached hydrogens (primary N) is 1. The average Bonchev–Trinajstić information content (AvgIpc) is 2.83. The molecule has 1 heterocycles. The first-order valence-corrected chi connectivity index (χ1v) is 7.02. The van der Waals surface area contributed by atoms with Crippen molar-refractivity contribution in [3.05, 3.63) is 47.7 Å². The van der Waals surface area contributed by atoms with Crippen molar-refractivity contribution in [1.82, 2.24) is 9.78 Å². The molecule has 0 atom stereocenters. The Balaban J connectivity index is 0.00000242. The molecule has 0 unspecified atom stereocenters. The largest absolute Gasteiger partial charge is 0.322 e. The van der Waals surface area contributed by atoms with Crippen molar-refractivity contribution in [2.75, 3.05) is 11.9 Å². The van der Waals surface area contributed by atoms with E-state index in [9.17, 15) is 4.79 Å². The molecule has 120 valence electrons. The van der Waals surface area contributed by atoms with Crippen LogP contribution >= 0.6 is 12.4 Å². The van der Waals surface area contributed by atoms with Crippen LogP contribution < -0.4 is 11.1 Å². The smallest absolute Gasteiger partial charge is 0.239 e. The van der Waals surface area contributed by atoms with Crippen LogP contribution in [0, 0.1) is 0 Å². The molecule has 0 bridgehead atoms. The van der Waals surface area contributed by atoms with Crippen LogP contribution in [0.4, 0.5) is 5.82 Å². The lowest BCUT2D eigenvalue weighted by atomic mass is 9.92. The highest BCUT2D eigenvalue weighted by molar-refractivity contribution is 5.91. The van der Waals surface area contributed by atoms with Gasteiger partial charge >= 0.3 is 0 Å². The summed E-state index contributed by atoms with van der Waals surface area (Å²) in [5, 5.41) is 7.43. The quantitative estimate of drug-likeness (QED) is 0.908. The van der Waals surface area contributed by atoms with Gasteiger partial charge in [-0.2, -0.15) is 5.10 Å². The normalized spacial score (nSPS) is 10.9. The molecule has 2 rings (SSSR count). The molecule has 1 aromatic heterocycles. The number of hydrogen-bond donors (Lipinski definition) is 2. The van der Waals surface area contributed by atoms with Crippen molar-refractivity contribution in [2.45, 2.75) is 32.7 Å². The molecule has 5 nitrogen and oxygen atoms in total. The Bertz CT molecular complexity index is 617. The number of amides is 1. The zero-order valence-corrected chi connectivity index (χ0v) is 14.0. The number of nitrogens with zero attached hydrogens (tertiary/aromatic N) is 2. The molecule has 0 aliphatic heterocycles. The van der Waals surface area contributed by atoms with Gasteiger partial charge in [-0.05, 0) is 5.56 Å². The number of hydrogen-bond acceptors (Lipinski definition) is 3. The van der Waals surface area contributed by atoms with Gasteiger partial charge in [-0.15, -0.1) is 12.4 Å². The number of halogens is 1. The summed E-state index contributed by atoms with van der Waals surface area (Å²) < 4.78 is 1.81. The fraction of sp³-hybridized carbons (Fsp3) is 0.375. The highest BCUT2D eigenvalue weighted by Crippen LogP contribution is 2.24. The number of benzene rings is 1. The molecular formula is C16H23ClN4O. The first kappa shape index (κ1) is 18.2. The summed E-state index contributed by atoms with van der Waals surface area (Å²) in [4.78, 5) is 11.6. The summed E-state index contributed by atoms with van der Waals surface area (Å²) in [6.07, 6.45) is 0. The number of aromatic nitrogens is 2. The molecule has 0 saturated heterocycles. The van der Waals surface area contributed by atoms with Crippen molar-refractivity contribution in [3.8, 4) is 0 Å². The number of carbonyl (C=O) groups excluding carboxylic acids is 1. The molecular weight excluding hydrogens is 300 g/mol. The van der Waals surface area contributed by atoms with Crippen molar-refractivity contribution >= 4 is 24.1 Å². The minimum atomic E-state index is -0.218. The van der Waals surface area contributed by atoms with Gasteiger partial charge < -0.3 is 11.1 Å². The minimum absolute atomic E-state index is 0. The molecule has 2 aromatic rings. The Kier molecular flexibility index (Phi) is 6.14. The van der Waals surface area contributed by atoms with Crippen LogP contribution in [0.1, 0.15) is 32.0 Å². The summed E-state index contributed by atoms with van der Waals surface area (Å²) in [5.74, 6) is 0.462. The summed E-state index contributed by atoms with van der Waals surface area (Å²) in [6.45, 7) is 6.85. The van der Waals surface area contributed by atoms with E-state index in [4.69, 9.17) is 5.73 Å². The van der Waals surface area contributed by atoms with Gasteiger partial charge in [-0.25, -0.2) is 4.68 Å². The second-order valence-electron chi connectivity index (χ2n) is 6.06. The minimum Gasteiger partial charge on any atom is -0.322 e. The average molecular weight is 323 g/mol. The lowest BCUT2D eigenvalue weighted by Gasteiger charge is -2.14. The van der Waals surface area contributed by atoms with Crippen molar-refractivity contribution in [2.24, 2.45) is 5.73 Å². The summed E-state index contributed by atoms with van der Waals surface area (Å²) in [5.41, 5.74) is 7.36. The monoisotopic (exact) mass is 322 g/mol. The molecule has 0 saturated carbocycles. The molecule has 0 aliphatic rings. The summed E-state index contributed by atoms with van der Waals surface area (Å²) in [6, 6.07) is 11.9. The van der Waals surface area contributed by atoms with E-state index in [0.29, 0.717) is 12.4 Å². The maximum absolute atomic E-state index is 11.6. The number of anilines is 1. The molecule has 1 amide bonds. The lowest BCUT2D eigenvalue weighted by Crippen LogP contribution is -2.23. The van der Waals surface area contributed by atoms with E-state index in [0.717, 1.165) is 11.3 Å². The van der Waals surface area contributed by atoms with Crippen molar-refractivity contribution in [1.29, 1.82) is 0 Å². The fourth-order valence-electron chi connectivity index (χ4n) is 1.95. The predicted octanol–water partition coefficient (Wildman–Crippen LogP) is 2.55. The Morgan fingerprint density at radius 3 is 2.45 bits per heavy atom. The third kappa shape index (κ3) is 4.58. The highest BCUT2D eigenvalue weighted by Gasteiger charge is 2.20. The van der Waals surface area contributed by atoms with Gasteiger partial charge in [0.05, 0.1) is 18.8 Å². The van der Waals surface area contributed by atoms with E-state index < -0.39 is 0 Å². The molecule has 1 aromatic carbocycles. The third-order valence-electron chi connectivity index (χ3n) is 3.18. The van der Waals surface area contributed by atoms with E-state index >= 15 is 0 Å². The summed E-state index contributed by atoms with van der Waals surface area (Å²) in [7, 11) is 0. The van der Waals surface area contributed by atoms with Crippen LogP contribution in [0.15, 0.2) is 36.4 Å². The molecule has 3 N–H and O–H groups in total. The number of rotatable bonds is 4. The zero-order valence-electron chi connectivity index (χ0n) is 13.2. The third-order valence-corrected chi connectivity index (χ3v) is 3.18. The molecule has 0 radical (unpaired) electrons. The molecule has 0 aliphatic carbocycles. The maximum Gasteiger partial charge on any atom is 0.239 e. The van der Waals surface area contributed by atoms with Crippen LogP contribution in [-0.2, 0) is 16.8 Å². The van der Waals surface area contributed by atoms with Gasteiger partial charge in [0.25, 0.3) is 0 Å². The second-order valence-corrected chi connectivity index (χ2v) is 6.06. The first-order chi connectivity index (χ1) is 9.90. The van der Waals surface area contributed by atoms with Crippen molar-refractivity contribution in [3.63, 3.8) is 0 Å². The van der Waals surface area contributed by atoms with Gasteiger partial charge in [0.15, 0.2) is 0 Å². The Labute approximate surface area is 137 Å². The SMILES string of the molecule is CC(C)(C)c1cc(NC(=O)CN)n(Cc2ccccc2)n1.Cl. The lowest BCUT2D eigenvalue weighted by molar-refractivity contribution is -0.114. The van der Waals surface area contributed by atoms with E-state index in [1.165, 1.54) is 0 Å². The van der Waals surface area contributed by atoms with E-state index in [2.05, 4.69) is 31.2 Å². The molecule has 0 spiro atoms. The molecule has 0 fully saturated rings. The van der Waals surface area contributed by atoms with Crippen molar-refractivity contribution < 1.29 is 4.79 Å². The number of nitrogens with one attached hydrogen (secondary N) is 1. The highest BCUT2D eigenvalue weighted by atomic mass is 35.5. The predicted molar refractivity (Wildman–Crippen MR) is 91.4 cm³/mol. The molecule has 22 heavy (non-hydrogen) atoms. The van der Waals surface area contributed by atoms with Crippen LogP contribution in [0.25, 0.3) is 0 Å². The van der Waals surface area contributed by atoms with Crippen LogP contribution in [0.5, 0.6) is 0 Å². The summed E-state index contributed by atoms with van der Waals surface area (Å²) >= 11 is 0. The second kappa shape index (κ2) is 7.42. The Morgan fingerprint density at radius 1 is 1.27 bits per heavy atom. The van der Waals surface area contributed by atoms with Gasteiger partial charge in [-0.3, -0.25) is 4.79 Å². The van der Waals surface area contributed by atoms with Gasteiger partial charge in [0, 0.05) is 11.5 Å². The Morgan fingerprint density at radius 2 is 1.91 bits per heavy atom. The van der Waals surface area contributed by atoms with Crippen LogP contribution in [0.2, 0.25) is 0 Å². The van der Waals surface area contributed by atoms with Crippen LogP contribution in [-0.4, -0.2) is 22.2 Å². The van der Waals surface area contributed by atoms with Gasteiger partial charge in [0.1, 0.15) is 5.82 Å². The first-order valence-electron chi connectivity index (χ1n) is 7.02. The van der Waals surface area contributed by atoms with Gasteiger partial charge in [0.2, 0.25) is 5.91 Å². The van der Waals surface area contributed by atoms with E-state index in [1.807, 2.05) is 41.1 Å². The topological polar surface area (TPSA) is 72.9 Å². The molecule has 6 heteroatoms. The fourth-order valence-corrected chi connectivity index (χ4v) is 1.95. The van der Waals surface area contributed by atoms with E-state index in [-0.39, 0.29) is 30.3 Å². The number of carbonyl (C=O) groups is 1. The van der Waals surface area contributed by atoms with Gasteiger partial charge in [-0.1, -0.05) is 51.1 Å².